The molecule has 53 valence electrons. The monoisotopic (exact) mass is 137 g/mol. The third-order valence-electron chi connectivity index (χ3n) is 1.10. The van der Waals surface area contributed by atoms with Gasteiger partial charge in [0.2, 0.25) is 0 Å². The molecule has 0 aliphatic rings. The number of rotatable bonds is 1. The van der Waals surface area contributed by atoms with Crippen molar-refractivity contribution in [1.29, 1.82) is 0 Å². The third-order valence-corrected chi connectivity index (χ3v) is 1.10. The Morgan fingerprint density at radius 2 is 2.40 bits per heavy atom. The average Bonchev–Trinajstić information content (AvgIpc) is 1.85. The average molecular weight is 137 g/mol. The summed E-state index contributed by atoms with van der Waals surface area (Å²) in [5.74, 6) is 1.10. The minimum absolute atomic E-state index is 0.466. The number of methoxy groups -OCH3 is 1. The molecular formula is C7H9N2O. The number of hydrogen-bond donors (Lipinski definition) is 1. The Hall–Kier alpha value is -1.25. The second kappa shape index (κ2) is 2.56. The van der Waals surface area contributed by atoms with E-state index in [1.807, 2.05) is 6.92 Å². The van der Waals surface area contributed by atoms with Gasteiger partial charge in [-0.15, -0.1) is 0 Å². The van der Waals surface area contributed by atoms with Crippen molar-refractivity contribution in [1.82, 2.24) is 4.98 Å². The van der Waals surface area contributed by atoms with Gasteiger partial charge >= 0.3 is 0 Å². The standard InChI is InChI=1S/C7H9N2O/c1-5-3-6(10-2)4-7(8)9-5/h4H,1-2H3,(H2,8,9). The molecule has 1 aromatic rings. The summed E-state index contributed by atoms with van der Waals surface area (Å²) in [5.41, 5.74) is 6.17. The van der Waals surface area contributed by atoms with Crippen molar-refractivity contribution in [2.45, 2.75) is 6.92 Å². The number of pyridine rings is 1. The van der Waals surface area contributed by atoms with Crippen molar-refractivity contribution in [2.24, 2.45) is 0 Å². The molecule has 1 aromatic heterocycles. The van der Waals surface area contributed by atoms with Gasteiger partial charge in [0.15, 0.2) is 0 Å². The van der Waals surface area contributed by atoms with Gasteiger partial charge in [-0.05, 0) is 6.92 Å². The van der Waals surface area contributed by atoms with Crippen LogP contribution in [0, 0.1) is 13.0 Å². The van der Waals surface area contributed by atoms with Gasteiger partial charge in [0, 0.05) is 6.07 Å². The highest BCUT2D eigenvalue weighted by Gasteiger charge is 1.95. The second-order valence-electron chi connectivity index (χ2n) is 1.96. The fourth-order valence-electron chi connectivity index (χ4n) is 0.713. The van der Waals surface area contributed by atoms with Gasteiger partial charge in [-0.2, -0.15) is 0 Å². The van der Waals surface area contributed by atoms with E-state index < -0.39 is 0 Å². The van der Waals surface area contributed by atoms with Crippen molar-refractivity contribution in [3.8, 4) is 5.75 Å². The zero-order valence-electron chi connectivity index (χ0n) is 6.01. The molecule has 0 fully saturated rings. The number of aryl methyl sites for hydroxylation is 1. The van der Waals surface area contributed by atoms with Crippen LogP contribution in [-0.2, 0) is 0 Å². The maximum absolute atomic E-state index is 5.42. The number of nitrogen functional groups attached to an aromatic ring is 1. The molecule has 2 N–H and O–H groups in total. The Morgan fingerprint density at radius 3 is 2.90 bits per heavy atom. The highest BCUT2D eigenvalue weighted by Crippen LogP contribution is 2.12. The largest absolute Gasteiger partial charge is 0.496 e. The fraction of sp³-hybridized carbons (Fsp3) is 0.286. The summed E-state index contributed by atoms with van der Waals surface area (Å²) in [5, 5.41) is 0. The van der Waals surface area contributed by atoms with Crippen LogP contribution in [0.3, 0.4) is 0 Å². The molecule has 3 heteroatoms. The lowest BCUT2D eigenvalue weighted by Crippen LogP contribution is -1.94. The zero-order chi connectivity index (χ0) is 7.56. The molecule has 0 aromatic carbocycles. The number of aromatic nitrogens is 1. The number of nitrogens with zero attached hydrogens (tertiary/aromatic N) is 1. The lowest BCUT2D eigenvalue weighted by atomic mass is 10.3. The van der Waals surface area contributed by atoms with E-state index in [2.05, 4.69) is 11.1 Å². The topological polar surface area (TPSA) is 48.1 Å². The van der Waals surface area contributed by atoms with E-state index in [9.17, 15) is 0 Å². The van der Waals surface area contributed by atoms with Gasteiger partial charge in [-0.3, -0.25) is 0 Å². The Morgan fingerprint density at radius 1 is 1.70 bits per heavy atom. The molecule has 0 amide bonds. The molecule has 1 rings (SSSR count). The molecule has 0 saturated heterocycles. The molecule has 0 unspecified atom stereocenters. The number of nitrogens with two attached hydrogens (primary N) is 1. The second-order valence-corrected chi connectivity index (χ2v) is 1.96. The summed E-state index contributed by atoms with van der Waals surface area (Å²) >= 11 is 0. The molecule has 0 atom stereocenters. The summed E-state index contributed by atoms with van der Waals surface area (Å²) in [6.45, 7) is 1.82. The predicted molar refractivity (Wildman–Crippen MR) is 38.8 cm³/mol. The first-order valence-electron chi connectivity index (χ1n) is 2.93. The zero-order valence-corrected chi connectivity index (χ0v) is 6.01. The van der Waals surface area contributed by atoms with Crippen molar-refractivity contribution in [3.63, 3.8) is 0 Å². The van der Waals surface area contributed by atoms with Gasteiger partial charge < -0.3 is 10.5 Å². The van der Waals surface area contributed by atoms with Crippen LogP contribution >= 0.6 is 0 Å². The SMILES string of the molecule is COc1[c]c(C)nc(N)c1. The number of hydrogen-bond acceptors (Lipinski definition) is 3. The summed E-state index contributed by atoms with van der Waals surface area (Å²) < 4.78 is 4.90. The summed E-state index contributed by atoms with van der Waals surface area (Å²) in [6, 6.07) is 4.52. The summed E-state index contributed by atoms with van der Waals surface area (Å²) in [4.78, 5) is 3.92. The minimum atomic E-state index is 0.466. The predicted octanol–water partition coefficient (Wildman–Crippen LogP) is 0.781. The van der Waals surface area contributed by atoms with Crippen molar-refractivity contribution in [3.05, 3.63) is 17.8 Å². The van der Waals surface area contributed by atoms with Gasteiger partial charge in [0.05, 0.1) is 18.9 Å². The Balaban J connectivity index is 3.06. The van der Waals surface area contributed by atoms with E-state index in [-0.39, 0.29) is 0 Å². The molecule has 0 bridgehead atoms. The van der Waals surface area contributed by atoms with Gasteiger partial charge in [-0.1, -0.05) is 0 Å². The first-order chi connectivity index (χ1) is 4.72. The van der Waals surface area contributed by atoms with Crippen LogP contribution in [-0.4, -0.2) is 12.1 Å². The molecule has 10 heavy (non-hydrogen) atoms. The Bertz CT molecular complexity index is 215. The van der Waals surface area contributed by atoms with Crippen molar-refractivity contribution < 1.29 is 4.74 Å². The highest BCUT2D eigenvalue weighted by molar-refractivity contribution is 5.37. The number of anilines is 1. The summed E-state index contributed by atoms with van der Waals surface area (Å²) in [7, 11) is 1.57. The lowest BCUT2D eigenvalue weighted by molar-refractivity contribution is 0.413. The van der Waals surface area contributed by atoms with E-state index in [0.717, 1.165) is 5.69 Å². The minimum Gasteiger partial charge on any atom is -0.496 e. The van der Waals surface area contributed by atoms with Crippen LogP contribution in [0.1, 0.15) is 5.69 Å². The lowest BCUT2D eigenvalue weighted by Gasteiger charge is -2.00. The van der Waals surface area contributed by atoms with Crippen LogP contribution in [0.15, 0.2) is 6.07 Å². The van der Waals surface area contributed by atoms with E-state index in [0.29, 0.717) is 11.6 Å². The van der Waals surface area contributed by atoms with Crippen molar-refractivity contribution >= 4 is 5.82 Å². The van der Waals surface area contributed by atoms with Crippen LogP contribution in [0.2, 0.25) is 0 Å². The fourth-order valence-corrected chi connectivity index (χ4v) is 0.713. The smallest absolute Gasteiger partial charge is 0.132 e. The van der Waals surface area contributed by atoms with Gasteiger partial charge in [0.1, 0.15) is 11.6 Å². The van der Waals surface area contributed by atoms with Crippen molar-refractivity contribution in [2.75, 3.05) is 12.8 Å². The molecular weight excluding hydrogens is 128 g/mol. The maximum Gasteiger partial charge on any atom is 0.132 e. The van der Waals surface area contributed by atoms with E-state index in [1.165, 1.54) is 0 Å². The molecule has 1 heterocycles. The molecule has 0 aliphatic heterocycles. The van der Waals surface area contributed by atoms with E-state index in [4.69, 9.17) is 10.5 Å². The van der Waals surface area contributed by atoms with Gasteiger partial charge in [0.25, 0.3) is 0 Å². The molecule has 0 spiro atoms. The Kier molecular flexibility index (Phi) is 1.76. The quantitative estimate of drug-likeness (QED) is 0.622. The first kappa shape index (κ1) is 6.86. The van der Waals surface area contributed by atoms with Gasteiger partial charge in [-0.25, -0.2) is 4.98 Å². The third kappa shape index (κ3) is 1.37. The molecule has 0 saturated carbocycles. The van der Waals surface area contributed by atoms with Crippen LogP contribution in [0.25, 0.3) is 0 Å². The normalized spacial score (nSPS) is 9.40. The summed E-state index contributed by atoms with van der Waals surface area (Å²) in [6.07, 6.45) is 0. The van der Waals surface area contributed by atoms with Crippen LogP contribution in [0.4, 0.5) is 5.82 Å². The van der Waals surface area contributed by atoms with Crippen LogP contribution < -0.4 is 10.5 Å². The van der Waals surface area contributed by atoms with Crippen LogP contribution in [0.5, 0.6) is 5.75 Å². The first-order valence-corrected chi connectivity index (χ1v) is 2.93. The number of ether oxygens (including phenoxy) is 1. The molecule has 3 nitrogen and oxygen atoms in total. The van der Waals surface area contributed by atoms with E-state index >= 15 is 0 Å². The Labute approximate surface area is 59.8 Å². The molecule has 0 aliphatic carbocycles. The highest BCUT2D eigenvalue weighted by atomic mass is 16.5. The maximum atomic E-state index is 5.42. The molecule has 1 radical (unpaired) electrons. The van der Waals surface area contributed by atoms with E-state index in [1.54, 1.807) is 13.2 Å².